The number of halogens is 1. The second-order valence-electron chi connectivity index (χ2n) is 10.4. The van der Waals surface area contributed by atoms with Crippen LogP contribution >= 0.6 is 0 Å². The van der Waals surface area contributed by atoms with Gasteiger partial charge in [0.2, 0.25) is 0 Å². The van der Waals surface area contributed by atoms with E-state index in [2.05, 4.69) is 74.4 Å². The van der Waals surface area contributed by atoms with E-state index in [-0.39, 0.29) is 22.1 Å². The van der Waals surface area contributed by atoms with Crippen LogP contribution in [0.1, 0.15) is 79.0 Å². The molecule has 0 radical (unpaired) electrons. The second-order valence-corrected chi connectivity index (χ2v) is 10.4. The smallest absolute Gasteiger partial charge is 0.129 e. The molecule has 0 amide bonds. The molecule has 0 unspecified atom stereocenters. The monoisotopic (exact) mass is 306 g/mol. The summed E-state index contributed by atoms with van der Waals surface area (Å²) in [4.78, 5) is 0. The Hall–Kier alpha value is -0.850. The van der Waals surface area contributed by atoms with Gasteiger partial charge in [-0.1, -0.05) is 74.4 Å². The number of rotatable bonds is 3. The maximum atomic E-state index is 14.9. The van der Waals surface area contributed by atoms with Crippen molar-refractivity contribution in [2.75, 3.05) is 0 Å². The van der Waals surface area contributed by atoms with Gasteiger partial charge in [-0.05, 0) is 52.2 Å². The Morgan fingerprint density at radius 2 is 0.955 bits per heavy atom. The van der Waals surface area contributed by atoms with Crippen molar-refractivity contribution in [3.8, 4) is 0 Å². The molecule has 126 valence electrons. The van der Waals surface area contributed by atoms with Gasteiger partial charge in [-0.3, -0.25) is 0 Å². The van der Waals surface area contributed by atoms with Gasteiger partial charge in [0.15, 0.2) is 0 Å². The van der Waals surface area contributed by atoms with Gasteiger partial charge in [0.05, 0.1) is 0 Å². The highest BCUT2D eigenvalue weighted by molar-refractivity contribution is 5.34. The fraction of sp³-hybridized carbons (Fsp3) is 0.714. The molecule has 22 heavy (non-hydrogen) atoms. The van der Waals surface area contributed by atoms with E-state index in [9.17, 15) is 4.39 Å². The highest BCUT2D eigenvalue weighted by atomic mass is 19.1. The van der Waals surface area contributed by atoms with Crippen LogP contribution in [0.4, 0.5) is 4.39 Å². The molecule has 0 fully saturated rings. The van der Waals surface area contributed by atoms with E-state index in [4.69, 9.17) is 0 Å². The lowest BCUT2D eigenvalue weighted by Gasteiger charge is -2.25. The minimum absolute atomic E-state index is 0.0162. The van der Waals surface area contributed by atoms with Crippen LogP contribution in [0.15, 0.2) is 12.1 Å². The van der Waals surface area contributed by atoms with Crippen molar-refractivity contribution in [3.63, 3.8) is 0 Å². The van der Waals surface area contributed by atoms with Gasteiger partial charge < -0.3 is 0 Å². The quantitative estimate of drug-likeness (QED) is 0.590. The van der Waals surface area contributed by atoms with Crippen molar-refractivity contribution in [2.24, 2.45) is 16.2 Å². The van der Waals surface area contributed by atoms with E-state index < -0.39 is 0 Å². The van der Waals surface area contributed by atoms with Crippen molar-refractivity contribution in [3.05, 3.63) is 34.6 Å². The van der Waals surface area contributed by atoms with Crippen LogP contribution in [0.5, 0.6) is 0 Å². The molecule has 0 bridgehead atoms. The molecule has 0 saturated heterocycles. The van der Waals surface area contributed by atoms with Crippen LogP contribution in [-0.2, 0) is 19.3 Å². The molecular formula is C21H35F. The zero-order valence-corrected chi connectivity index (χ0v) is 16.2. The van der Waals surface area contributed by atoms with Gasteiger partial charge in [-0.15, -0.1) is 0 Å². The molecule has 1 rings (SSSR count). The minimum atomic E-state index is 0.0162. The first-order valence-corrected chi connectivity index (χ1v) is 8.47. The number of hydrogen-bond acceptors (Lipinski definition) is 0. The fourth-order valence-corrected chi connectivity index (χ4v) is 2.94. The Kier molecular flexibility index (Phi) is 5.53. The van der Waals surface area contributed by atoms with Crippen LogP contribution in [0, 0.1) is 22.1 Å². The van der Waals surface area contributed by atoms with E-state index in [1.165, 1.54) is 5.56 Å². The Balaban J connectivity index is 3.30. The maximum absolute atomic E-state index is 14.9. The summed E-state index contributed by atoms with van der Waals surface area (Å²) in [5.41, 5.74) is 3.45. The molecule has 1 aromatic carbocycles. The van der Waals surface area contributed by atoms with Crippen molar-refractivity contribution < 1.29 is 4.39 Å². The van der Waals surface area contributed by atoms with E-state index in [0.29, 0.717) is 0 Å². The van der Waals surface area contributed by atoms with Crippen molar-refractivity contribution in [1.29, 1.82) is 0 Å². The van der Waals surface area contributed by atoms with Crippen LogP contribution < -0.4 is 0 Å². The third-order valence-electron chi connectivity index (χ3n) is 3.46. The fourth-order valence-electron chi connectivity index (χ4n) is 2.94. The third kappa shape index (κ3) is 6.94. The molecule has 0 aliphatic heterocycles. The van der Waals surface area contributed by atoms with Crippen LogP contribution in [0.2, 0.25) is 0 Å². The molecule has 0 saturated carbocycles. The summed E-state index contributed by atoms with van der Waals surface area (Å²) in [6.07, 6.45) is 2.56. The van der Waals surface area contributed by atoms with E-state index in [1.807, 2.05) is 0 Å². The van der Waals surface area contributed by atoms with Gasteiger partial charge in [-0.25, -0.2) is 4.39 Å². The lowest BCUT2D eigenvalue weighted by Crippen LogP contribution is -2.17. The normalized spacial score (nSPS) is 13.5. The highest BCUT2D eigenvalue weighted by Crippen LogP contribution is 2.31. The van der Waals surface area contributed by atoms with Crippen molar-refractivity contribution in [2.45, 2.75) is 81.6 Å². The third-order valence-corrected chi connectivity index (χ3v) is 3.46. The summed E-state index contributed by atoms with van der Waals surface area (Å²) >= 11 is 0. The summed E-state index contributed by atoms with van der Waals surface area (Å²) in [7, 11) is 0. The average Bonchev–Trinajstić information content (AvgIpc) is 2.18. The molecule has 0 N–H and O–H groups in total. The van der Waals surface area contributed by atoms with Gasteiger partial charge in [0, 0.05) is 0 Å². The van der Waals surface area contributed by atoms with E-state index >= 15 is 0 Å². The van der Waals surface area contributed by atoms with Gasteiger partial charge >= 0.3 is 0 Å². The first kappa shape index (κ1) is 19.2. The van der Waals surface area contributed by atoms with Gasteiger partial charge in [0.25, 0.3) is 0 Å². The summed E-state index contributed by atoms with van der Waals surface area (Å²) in [6.45, 7) is 19.8. The molecule has 0 heterocycles. The maximum Gasteiger partial charge on any atom is 0.129 e. The minimum Gasteiger partial charge on any atom is -0.206 e. The molecular weight excluding hydrogens is 271 g/mol. The zero-order valence-electron chi connectivity index (χ0n) is 16.2. The van der Waals surface area contributed by atoms with Crippen molar-refractivity contribution in [1.82, 2.24) is 0 Å². The Labute approximate surface area is 137 Å². The molecule has 0 atom stereocenters. The van der Waals surface area contributed by atoms with Crippen LogP contribution in [0.3, 0.4) is 0 Å². The lowest BCUT2D eigenvalue weighted by atomic mass is 9.81. The summed E-state index contributed by atoms with van der Waals surface area (Å²) in [5.74, 6) is 0.0162. The summed E-state index contributed by atoms with van der Waals surface area (Å²) in [5, 5.41) is 0. The first-order valence-electron chi connectivity index (χ1n) is 8.47. The van der Waals surface area contributed by atoms with Crippen LogP contribution in [-0.4, -0.2) is 0 Å². The second kappa shape index (κ2) is 6.34. The predicted octanol–water partition coefficient (Wildman–Crippen LogP) is 6.59. The molecule has 0 aliphatic carbocycles. The molecule has 0 aromatic heterocycles. The topological polar surface area (TPSA) is 0 Å². The average molecular weight is 307 g/mol. The largest absolute Gasteiger partial charge is 0.206 e. The van der Waals surface area contributed by atoms with E-state index in [1.54, 1.807) is 0 Å². The number of hydrogen-bond donors (Lipinski definition) is 0. The SMILES string of the molecule is CC(C)(C)Cc1cc(CC(C)(C)C)c(F)c(CC(C)(C)C)c1. The van der Waals surface area contributed by atoms with Gasteiger partial charge in [-0.2, -0.15) is 0 Å². The van der Waals surface area contributed by atoms with E-state index in [0.717, 1.165) is 30.4 Å². The predicted molar refractivity (Wildman–Crippen MR) is 95.9 cm³/mol. The first-order chi connectivity index (χ1) is 9.66. The molecule has 0 aliphatic rings. The Morgan fingerprint density at radius 1 is 0.636 bits per heavy atom. The highest BCUT2D eigenvalue weighted by Gasteiger charge is 2.22. The zero-order chi connectivity index (χ0) is 17.3. The summed E-state index contributed by atoms with van der Waals surface area (Å²) < 4.78 is 14.9. The lowest BCUT2D eigenvalue weighted by molar-refractivity contribution is 0.385. The molecule has 1 heteroatoms. The standard InChI is InChI=1S/C21H35F/c1-19(2,3)12-15-10-16(13-20(4,5)6)18(22)17(11-15)14-21(7,8)9/h10-11H,12-14H2,1-9H3. The number of benzene rings is 1. The van der Waals surface area contributed by atoms with Crippen molar-refractivity contribution >= 4 is 0 Å². The molecule has 0 spiro atoms. The molecule has 0 nitrogen and oxygen atoms in total. The molecule has 1 aromatic rings. The summed E-state index contributed by atoms with van der Waals surface area (Å²) in [6, 6.07) is 4.19. The Morgan fingerprint density at radius 3 is 1.23 bits per heavy atom. The van der Waals surface area contributed by atoms with Crippen LogP contribution in [0.25, 0.3) is 0 Å². The van der Waals surface area contributed by atoms with Gasteiger partial charge in [0.1, 0.15) is 5.82 Å². The Bertz CT molecular complexity index is 467.